The van der Waals surface area contributed by atoms with Gasteiger partial charge in [-0.2, -0.15) is 14.4 Å². The standard InChI is InChI=1S/C25H35N7O4S/c1-16(2)31-15-20(13-27-31)37(35,36)30-10-6-17(7-11-30)28-24-26-14-21-22(29-24)32(23(34)25(21)8-9-25)18-4-3-5-19(33)12-18/h13-19,33H,3-12H2,1-2H3,(H,26,28,29)/t18-,19-/m1/s1. The molecular formula is C25H35N7O4S. The molecule has 37 heavy (non-hydrogen) atoms. The molecule has 2 atom stereocenters. The van der Waals surface area contributed by atoms with Crippen LogP contribution in [-0.4, -0.2) is 74.8 Å². The molecule has 2 aliphatic heterocycles. The molecular weight excluding hydrogens is 494 g/mol. The number of aliphatic hydroxyl groups is 1. The maximum absolute atomic E-state index is 13.4. The molecule has 4 aliphatic rings. The molecule has 0 radical (unpaired) electrons. The van der Waals surface area contributed by atoms with Crippen LogP contribution in [0.15, 0.2) is 23.5 Å². The van der Waals surface area contributed by atoms with Gasteiger partial charge in [0, 0.05) is 49.2 Å². The van der Waals surface area contributed by atoms with Crippen molar-refractivity contribution in [3.63, 3.8) is 0 Å². The van der Waals surface area contributed by atoms with E-state index < -0.39 is 15.4 Å². The van der Waals surface area contributed by atoms with Crippen molar-refractivity contribution in [1.82, 2.24) is 24.1 Å². The average Bonchev–Trinajstić information content (AvgIpc) is 3.43. The molecule has 2 aliphatic carbocycles. The second-order valence-electron chi connectivity index (χ2n) is 11.2. The first-order valence-electron chi connectivity index (χ1n) is 13.4. The van der Waals surface area contributed by atoms with Crippen molar-refractivity contribution in [2.75, 3.05) is 23.3 Å². The largest absolute Gasteiger partial charge is 0.393 e. The van der Waals surface area contributed by atoms with E-state index in [1.807, 2.05) is 18.7 Å². The van der Waals surface area contributed by atoms with Gasteiger partial charge in [-0.25, -0.2) is 13.4 Å². The first-order valence-corrected chi connectivity index (χ1v) is 14.8. The lowest BCUT2D eigenvalue weighted by molar-refractivity contribution is -0.121. The summed E-state index contributed by atoms with van der Waals surface area (Å²) in [7, 11) is -3.59. The predicted octanol–water partition coefficient (Wildman–Crippen LogP) is 2.20. The van der Waals surface area contributed by atoms with Crippen LogP contribution in [0.1, 0.15) is 76.8 Å². The molecule has 2 N–H and O–H groups in total. The SMILES string of the molecule is CC(C)n1cc(S(=O)(=O)N2CCC(Nc3ncc4c(n3)N([C@@H]3CCC[C@@H](O)C3)C(=O)C43CC3)CC2)cn1. The Labute approximate surface area is 217 Å². The van der Waals surface area contributed by atoms with Gasteiger partial charge < -0.3 is 10.4 Å². The Morgan fingerprint density at radius 1 is 1.14 bits per heavy atom. The van der Waals surface area contributed by atoms with Crippen molar-refractivity contribution in [3.05, 3.63) is 24.2 Å². The Kier molecular flexibility index (Phi) is 6.03. The minimum atomic E-state index is -3.59. The van der Waals surface area contributed by atoms with Crippen molar-refractivity contribution in [2.24, 2.45) is 0 Å². The van der Waals surface area contributed by atoms with Crippen molar-refractivity contribution in [1.29, 1.82) is 0 Å². The van der Waals surface area contributed by atoms with Gasteiger partial charge in [-0.1, -0.05) is 0 Å². The molecule has 12 heteroatoms. The van der Waals surface area contributed by atoms with E-state index in [-0.39, 0.29) is 35.0 Å². The van der Waals surface area contributed by atoms with Crippen LogP contribution >= 0.6 is 0 Å². The smallest absolute Gasteiger partial charge is 0.246 e. The first kappa shape index (κ1) is 24.7. The molecule has 2 aromatic heterocycles. The van der Waals surface area contributed by atoms with Crippen LogP contribution in [-0.2, 0) is 20.2 Å². The van der Waals surface area contributed by atoms with Gasteiger partial charge in [0.25, 0.3) is 0 Å². The molecule has 0 bridgehead atoms. The van der Waals surface area contributed by atoms with E-state index in [2.05, 4.69) is 15.4 Å². The van der Waals surface area contributed by atoms with Crippen LogP contribution < -0.4 is 10.2 Å². The molecule has 4 heterocycles. The minimum Gasteiger partial charge on any atom is -0.393 e. The molecule has 2 saturated carbocycles. The summed E-state index contributed by atoms with van der Waals surface area (Å²) in [5.41, 5.74) is 0.435. The first-order chi connectivity index (χ1) is 17.7. The molecule has 6 rings (SSSR count). The highest BCUT2D eigenvalue weighted by molar-refractivity contribution is 7.89. The van der Waals surface area contributed by atoms with Gasteiger partial charge >= 0.3 is 0 Å². The van der Waals surface area contributed by atoms with E-state index in [9.17, 15) is 18.3 Å². The molecule has 3 fully saturated rings. The third-order valence-corrected chi connectivity index (χ3v) is 10.3. The quantitative estimate of drug-likeness (QED) is 0.582. The summed E-state index contributed by atoms with van der Waals surface area (Å²) in [6.07, 6.45) is 10.4. The zero-order chi connectivity index (χ0) is 25.9. The minimum absolute atomic E-state index is 0.0276. The normalized spacial score (nSPS) is 26.2. The number of nitrogens with zero attached hydrogens (tertiary/aromatic N) is 6. The second-order valence-corrected chi connectivity index (χ2v) is 13.2. The number of sulfonamides is 1. The van der Waals surface area contributed by atoms with Gasteiger partial charge in [-0.05, 0) is 65.2 Å². The Morgan fingerprint density at radius 2 is 1.89 bits per heavy atom. The van der Waals surface area contributed by atoms with Crippen LogP contribution in [0.25, 0.3) is 0 Å². The summed E-state index contributed by atoms with van der Waals surface area (Å²) in [5.74, 6) is 1.25. The van der Waals surface area contributed by atoms with Gasteiger partial charge in [0.1, 0.15) is 10.7 Å². The number of aliphatic hydroxyl groups excluding tert-OH is 1. The van der Waals surface area contributed by atoms with E-state index in [4.69, 9.17) is 4.98 Å². The lowest BCUT2D eigenvalue weighted by Gasteiger charge is -2.34. The highest BCUT2D eigenvalue weighted by atomic mass is 32.2. The van der Waals surface area contributed by atoms with E-state index in [0.29, 0.717) is 44.1 Å². The highest BCUT2D eigenvalue weighted by Crippen LogP contribution is 2.57. The van der Waals surface area contributed by atoms with E-state index in [0.717, 1.165) is 37.7 Å². The van der Waals surface area contributed by atoms with Crippen LogP contribution in [0.4, 0.5) is 11.8 Å². The average molecular weight is 530 g/mol. The van der Waals surface area contributed by atoms with Crippen molar-refractivity contribution in [2.45, 2.75) is 99.8 Å². The number of carbonyl (C=O) groups excluding carboxylic acids is 1. The predicted molar refractivity (Wildman–Crippen MR) is 137 cm³/mol. The van der Waals surface area contributed by atoms with Gasteiger partial charge in [-0.15, -0.1) is 0 Å². The van der Waals surface area contributed by atoms with Gasteiger partial charge in [-0.3, -0.25) is 14.4 Å². The molecule has 200 valence electrons. The Bertz CT molecular complexity index is 1300. The van der Waals surface area contributed by atoms with Crippen molar-refractivity contribution < 1.29 is 18.3 Å². The number of hydrogen-bond donors (Lipinski definition) is 2. The summed E-state index contributed by atoms with van der Waals surface area (Å²) in [6, 6.07) is 0.0847. The fourth-order valence-corrected chi connectivity index (χ4v) is 7.45. The molecule has 1 amide bonds. The molecule has 0 unspecified atom stereocenters. The third kappa shape index (κ3) is 4.22. The second kappa shape index (κ2) is 9.02. The van der Waals surface area contributed by atoms with Crippen molar-refractivity contribution >= 4 is 27.7 Å². The number of amides is 1. The molecule has 1 saturated heterocycles. The third-order valence-electron chi connectivity index (χ3n) is 8.41. The lowest BCUT2D eigenvalue weighted by Crippen LogP contribution is -2.44. The molecule has 2 aromatic rings. The fraction of sp³-hybridized carbons (Fsp3) is 0.680. The number of carbonyl (C=O) groups is 1. The lowest BCUT2D eigenvalue weighted by atomic mass is 9.92. The van der Waals surface area contributed by atoms with E-state index in [1.165, 1.54) is 10.5 Å². The zero-order valence-corrected chi connectivity index (χ0v) is 22.2. The Morgan fingerprint density at radius 3 is 2.54 bits per heavy atom. The number of nitrogens with one attached hydrogen (secondary N) is 1. The van der Waals surface area contributed by atoms with Crippen molar-refractivity contribution in [3.8, 4) is 0 Å². The summed E-state index contributed by atoms with van der Waals surface area (Å²) >= 11 is 0. The number of piperidine rings is 1. The number of anilines is 2. The number of rotatable bonds is 6. The fourth-order valence-electron chi connectivity index (χ4n) is 6.03. The Balaban J connectivity index is 1.15. The van der Waals surface area contributed by atoms with Gasteiger partial charge in [0.2, 0.25) is 21.9 Å². The maximum Gasteiger partial charge on any atom is 0.246 e. The summed E-state index contributed by atoms with van der Waals surface area (Å²) in [6.45, 7) is 4.70. The summed E-state index contributed by atoms with van der Waals surface area (Å²) in [5, 5.41) is 17.8. The molecule has 11 nitrogen and oxygen atoms in total. The van der Waals surface area contributed by atoms with Gasteiger partial charge in [0.05, 0.1) is 17.7 Å². The van der Waals surface area contributed by atoms with Crippen LogP contribution in [0.5, 0.6) is 0 Å². The highest BCUT2D eigenvalue weighted by Gasteiger charge is 2.61. The monoisotopic (exact) mass is 529 g/mol. The number of hydrogen-bond acceptors (Lipinski definition) is 8. The molecule has 0 aromatic carbocycles. The van der Waals surface area contributed by atoms with Gasteiger partial charge in [0.15, 0.2) is 0 Å². The number of aromatic nitrogens is 4. The van der Waals surface area contributed by atoms with Crippen LogP contribution in [0.2, 0.25) is 0 Å². The molecule has 1 spiro atoms. The maximum atomic E-state index is 13.4. The van der Waals surface area contributed by atoms with E-state index >= 15 is 0 Å². The van der Waals surface area contributed by atoms with Crippen LogP contribution in [0.3, 0.4) is 0 Å². The van der Waals surface area contributed by atoms with Crippen LogP contribution in [0, 0.1) is 0 Å². The topological polar surface area (TPSA) is 134 Å². The Hall–Kier alpha value is -2.57. The zero-order valence-electron chi connectivity index (χ0n) is 21.4. The summed E-state index contributed by atoms with van der Waals surface area (Å²) in [4.78, 5) is 24.8. The van der Waals surface area contributed by atoms with E-state index in [1.54, 1.807) is 17.1 Å². The summed E-state index contributed by atoms with van der Waals surface area (Å²) < 4.78 is 29.4. The number of fused-ring (bicyclic) bond motifs is 2.